The average molecular weight is 519 g/mol. The Bertz CT molecular complexity index is 1280. The highest BCUT2D eigenvalue weighted by Gasteiger charge is 2.26. The molecule has 0 amide bonds. The van der Waals surface area contributed by atoms with E-state index in [-0.39, 0.29) is 12.8 Å². The molecular formula is C32H32ClFO3. The summed E-state index contributed by atoms with van der Waals surface area (Å²) < 4.78 is 18.8. The van der Waals surface area contributed by atoms with Gasteiger partial charge < -0.3 is 9.84 Å². The van der Waals surface area contributed by atoms with Crippen LogP contribution in [-0.2, 0) is 6.42 Å². The molecule has 0 aromatic heterocycles. The lowest BCUT2D eigenvalue weighted by molar-refractivity contribution is 0.0696. The second-order valence-corrected chi connectivity index (χ2v) is 10.6. The van der Waals surface area contributed by atoms with Crippen molar-refractivity contribution in [2.75, 3.05) is 6.67 Å². The van der Waals surface area contributed by atoms with Crippen LogP contribution < -0.4 is 4.74 Å². The van der Waals surface area contributed by atoms with E-state index < -0.39 is 5.97 Å². The molecule has 5 heteroatoms. The molecule has 2 atom stereocenters. The number of aromatic carboxylic acids is 1. The summed E-state index contributed by atoms with van der Waals surface area (Å²) in [5, 5.41) is 10.2. The zero-order chi connectivity index (χ0) is 25.8. The lowest BCUT2D eigenvalue weighted by Crippen LogP contribution is -2.12. The van der Waals surface area contributed by atoms with E-state index in [1.54, 1.807) is 6.07 Å². The topological polar surface area (TPSA) is 46.5 Å². The Balaban J connectivity index is 1.48. The number of alkyl halides is 1. The number of carboxylic acid groups (broad SMARTS) is 1. The zero-order valence-corrected chi connectivity index (χ0v) is 21.6. The Labute approximate surface area is 222 Å². The molecule has 0 aliphatic heterocycles. The quantitative estimate of drug-likeness (QED) is 0.324. The van der Waals surface area contributed by atoms with Gasteiger partial charge in [0.05, 0.1) is 18.3 Å². The highest BCUT2D eigenvalue weighted by Crippen LogP contribution is 2.41. The summed E-state index contributed by atoms with van der Waals surface area (Å²) in [4.78, 5) is 11.6. The third kappa shape index (κ3) is 5.91. The van der Waals surface area contributed by atoms with Gasteiger partial charge in [-0.1, -0.05) is 41.9 Å². The van der Waals surface area contributed by atoms with Gasteiger partial charge in [-0.2, -0.15) is 0 Å². The van der Waals surface area contributed by atoms with Crippen molar-refractivity contribution in [1.29, 1.82) is 0 Å². The van der Waals surface area contributed by atoms with Gasteiger partial charge in [0, 0.05) is 5.02 Å². The van der Waals surface area contributed by atoms with Gasteiger partial charge in [0.25, 0.3) is 0 Å². The smallest absolute Gasteiger partial charge is 0.335 e. The van der Waals surface area contributed by atoms with Crippen LogP contribution in [0.3, 0.4) is 0 Å². The van der Waals surface area contributed by atoms with E-state index in [1.165, 1.54) is 5.57 Å². The van der Waals surface area contributed by atoms with Crippen LogP contribution in [0.25, 0.3) is 11.1 Å². The molecule has 2 aliphatic carbocycles. The summed E-state index contributed by atoms with van der Waals surface area (Å²) in [6.45, 7) is -0.238. The number of ether oxygens (including phenoxy) is 1. The van der Waals surface area contributed by atoms with E-state index in [1.807, 2.05) is 36.4 Å². The normalized spacial score (nSPS) is 19.4. The van der Waals surface area contributed by atoms with E-state index in [2.05, 4.69) is 24.3 Å². The van der Waals surface area contributed by atoms with Gasteiger partial charge in [-0.25, -0.2) is 4.79 Å². The van der Waals surface area contributed by atoms with E-state index in [0.717, 1.165) is 78.5 Å². The third-order valence-corrected chi connectivity index (χ3v) is 7.93. The van der Waals surface area contributed by atoms with Crippen LogP contribution in [0.5, 0.6) is 5.75 Å². The fourth-order valence-electron chi connectivity index (χ4n) is 5.85. The van der Waals surface area contributed by atoms with Crippen molar-refractivity contribution in [1.82, 2.24) is 0 Å². The number of benzene rings is 3. The first-order valence-electron chi connectivity index (χ1n) is 13.2. The van der Waals surface area contributed by atoms with E-state index in [4.69, 9.17) is 16.3 Å². The molecule has 0 saturated heterocycles. The molecule has 1 unspecified atom stereocenters. The highest BCUT2D eigenvalue weighted by molar-refractivity contribution is 6.30. The van der Waals surface area contributed by atoms with Crippen molar-refractivity contribution in [3.63, 3.8) is 0 Å². The molecule has 3 aromatic carbocycles. The van der Waals surface area contributed by atoms with Crippen LogP contribution in [0.15, 0.2) is 66.7 Å². The lowest BCUT2D eigenvalue weighted by Gasteiger charge is -2.18. The largest absolute Gasteiger partial charge is 0.490 e. The Hall–Kier alpha value is -3.11. The number of carboxylic acids is 1. The van der Waals surface area contributed by atoms with Crippen LogP contribution in [-0.4, -0.2) is 23.9 Å². The van der Waals surface area contributed by atoms with Crippen LogP contribution >= 0.6 is 11.6 Å². The maximum atomic E-state index is 12.5. The minimum atomic E-state index is -0.907. The Kier molecular flexibility index (Phi) is 7.95. The van der Waals surface area contributed by atoms with E-state index in [0.29, 0.717) is 22.9 Å². The van der Waals surface area contributed by atoms with Gasteiger partial charge in [0.2, 0.25) is 0 Å². The van der Waals surface area contributed by atoms with Crippen LogP contribution in [0, 0.1) is 5.92 Å². The van der Waals surface area contributed by atoms with Crippen molar-refractivity contribution < 1.29 is 19.0 Å². The number of fused-ring (bicyclic) bond motifs is 1. The van der Waals surface area contributed by atoms with Crippen LogP contribution in [0.2, 0.25) is 5.02 Å². The number of rotatable bonds is 8. The van der Waals surface area contributed by atoms with Gasteiger partial charge in [0.1, 0.15) is 5.75 Å². The SMILES string of the molecule is O=C(O)c1ccc2c(c1)CCCC(c1ccc(Cl)cc1)=C2c1ccc(O[C@H]2CCC(CCCF)C2)cc1. The van der Waals surface area contributed by atoms with Gasteiger partial charge in [-0.3, -0.25) is 4.39 Å². The highest BCUT2D eigenvalue weighted by atomic mass is 35.5. The molecule has 0 spiro atoms. The predicted molar refractivity (Wildman–Crippen MR) is 147 cm³/mol. The molecule has 3 aromatic rings. The molecule has 1 N–H and O–H groups in total. The number of allylic oxidation sites excluding steroid dienone is 1. The summed E-state index contributed by atoms with van der Waals surface area (Å²) in [6.07, 6.45) is 7.54. The molecular weight excluding hydrogens is 487 g/mol. The van der Waals surface area contributed by atoms with Gasteiger partial charge in [-0.15, -0.1) is 0 Å². The summed E-state index contributed by atoms with van der Waals surface area (Å²) in [5.74, 6) is 0.504. The first-order chi connectivity index (χ1) is 18.0. The molecule has 0 heterocycles. The van der Waals surface area contributed by atoms with Crippen molar-refractivity contribution in [2.24, 2.45) is 5.92 Å². The molecule has 1 fully saturated rings. The van der Waals surface area contributed by atoms with E-state index in [9.17, 15) is 14.3 Å². The minimum Gasteiger partial charge on any atom is -0.490 e. The van der Waals surface area contributed by atoms with Crippen molar-refractivity contribution in [3.8, 4) is 5.75 Å². The lowest BCUT2D eigenvalue weighted by atomic mass is 9.87. The van der Waals surface area contributed by atoms with Gasteiger partial charge >= 0.3 is 5.97 Å². The molecule has 192 valence electrons. The van der Waals surface area contributed by atoms with Gasteiger partial charge in [0.15, 0.2) is 0 Å². The second-order valence-electron chi connectivity index (χ2n) is 10.2. The van der Waals surface area contributed by atoms with Gasteiger partial charge in [-0.05, 0) is 127 Å². The third-order valence-electron chi connectivity index (χ3n) is 7.67. The second kappa shape index (κ2) is 11.5. The molecule has 2 aliphatic rings. The standard InChI is InChI=1S/C32H32ClFO3/c33-26-12-7-22(8-13-26)29-5-1-4-24-20-25(32(35)36)11-17-30(24)31(29)23-9-15-27(16-10-23)37-28-14-6-21(19-28)3-2-18-34/h7-13,15-17,20-21,28H,1-6,14,18-19H2,(H,35,36)/t21?,28-/m0/s1. The fraction of sp³-hybridized carbons (Fsp3) is 0.344. The fourth-order valence-corrected chi connectivity index (χ4v) is 5.97. The van der Waals surface area contributed by atoms with Crippen LogP contribution in [0.1, 0.15) is 77.6 Å². The number of aryl methyl sites for hydroxylation is 1. The molecule has 5 rings (SSSR count). The Morgan fingerprint density at radius 2 is 1.73 bits per heavy atom. The summed E-state index contributed by atoms with van der Waals surface area (Å²) in [5.41, 5.74) is 7.02. The monoisotopic (exact) mass is 518 g/mol. The number of hydrogen-bond acceptors (Lipinski definition) is 2. The van der Waals surface area contributed by atoms with Crippen molar-refractivity contribution >= 4 is 28.7 Å². The summed E-state index contributed by atoms with van der Waals surface area (Å²) in [6, 6.07) is 21.7. The summed E-state index contributed by atoms with van der Waals surface area (Å²) in [7, 11) is 0. The summed E-state index contributed by atoms with van der Waals surface area (Å²) >= 11 is 6.18. The molecule has 37 heavy (non-hydrogen) atoms. The minimum absolute atomic E-state index is 0.187. The molecule has 1 saturated carbocycles. The van der Waals surface area contributed by atoms with Crippen molar-refractivity contribution in [2.45, 2.75) is 57.5 Å². The number of carbonyl (C=O) groups is 1. The molecule has 0 bridgehead atoms. The van der Waals surface area contributed by atoms with Crippen molar-refractivity contribution in [3.05, 3.63) is 99.6 Å². The molecule has 0 radical (unpaired) electrons. The first kappa shape index (κ1) is 25.5. The molecule has 3 nitrogen and oxygen atoms in total. The maximum Gasteiger partial charge on any atom is 0.335 e. The number of halogens is 2. The van der Waals surface area contributed by atoms with Crippen LogP contribution in [0.4, 0.5) is 4.39 Å². The predicted octanol–water partition coefficient (Wildman–Crippen LogP) is 8.63. The average Bonchev–Trinajstić information content (AvgIpc) is 3.26. The zero-order valence-electron chi connectivity index (χ0n) is 20.9. The number of hydrogen-bond donors (Lipinski definition) is 1. The maximum absolute atomic E-state index is 12.5. The Morgan fingerprint density at radius 1 is 0.973 bits per heavy atom. The first-order valence-corrected chi connectivity index (χ1v) is 13.6. The van der Waals surface area contributed by atoms with E-state index >= 15 is 0 Å². The Morgan fingerprint density at radius 3 is 2.46 bits per heavy atom.